The third kappa shape index (κ3) is 6.99. The summed E-state index contributed by atoms with van der Waals surface area (Å²) < 4.78 is 5.00. The second-order valence-electron chi connectivity index (χ2n) is 3.46. The summed E-state index contributed by atoms with van der Waals surface area (Å²) in [6.07, 6.45) is 2.50. The number of hydrogen-bond acceptors (Lipinski definition) is 3. The van der Waals surface area contributed by atoms with Crippen LogP contribution in [0.3, 0.4) is 0 Å². The number of methoxy groups -OCH3 is 1. The van der Waals surface area contributed by atoms with Crippen molar-refractivity contribution >= 4 is 0 Å². The summed E-state index contributed by atoms with van der Waals surface area (Å²) >= 11 is 0. The molecular weight excluding hydrogens is 164 g/mol. The molecule has 0 fully saturated rings. The summed E-state index contributed by atoms with van der Waals surface area (Å²) in [6, 6.07) is 0.154. The molecule has 3 heteroatoms. The van der Waals surface area contributed by atoms with E-state index < -0.39 is 0 Å². The molecule has 0 aliphatic heterocycles. The van der Waals surface area contributed by atoms with E-state index in [1.54, 1.807) is 7.11 Å². The van der Waals surface area contributed by atoms with Gasteiger partial charge in [0.05, 0.1) is 6.61 Å². The molecule has 3 nitrogen and oxygen atoms in total. The van der Waals surface area contributed by atoms with E-state index in [2.05, 4.69) is 18.7 Å². The van der Waals surface area contributed by atoms with Crippen molar-refractivity contribution in [3.8, 4) is 0 Å². The fraction of sp³-hybridized carbons (Fsp3) is 1.00. The van der Waals surface area contributed by atoms with E-state index in [0.717, 1.165) is 19.6 Å². The zero-order valence-corrected chi connectivity index (χ0v) is 9.25. The molecule has 80 valence electrons. The third-order valence-corrected chi connectivity index (χ3v) is 2.15. The lowest BCUT2D eigenvalue weighted by Gasteiger charge is -2.23. The Hall–Kier alpha value is -0.120. The molecular formula is C10H24N2O. The molecule has 0 radical (unpaired) electrons. The first-order valence-electron chi connectivity index (χ1n) is 5.21. The highest BCUT2D eigenvalue weighted by Gasteiger charge is 2.07. The molecule has 0 aromatic rings. The normalized spacial score (nSPS) is 13.6. The van der Waals surface area contributed by atoms with Crippen LogP contribution in [0, 0.1) is 0 Å². The smallest absolute Gasteiger partial charge is 0.0626 e. The molecule has 0 aliphatic carbocycles. The largest absolute Gasteiger partial charge is 0.383 e. The topological polar surface area (TPSA) is 38.5 Å². The van der Waals surface area contributed by atoms with Crippen molar-refractivity contribution < 1.29 is 4.74 Å². The lowest BCUT2D eigenvalue weighted by atomic mass is 10.2. The van der Waals surface area contributed by atoms with Crippen molar-refractivity contribution in [1.82, 2.24) is 4.90 Å². The van der Waals surface area contributed by atoms with Crippen molar-refractivity contribution in [2.45, 2.75) is 32.7 Å². The van der Waals surface area contributed by atoms with Crippen LogP contribution in [-0.4, -0.2) is 44.3 Å². The molecule has 0 spiro atoms. The highest BCUT2D eigenvalue weighted by molar-refractivity contribution is 4.66. The van der Waals surface area contributed by atoms with Gasteiger partial charge in [-0.25, -0.2) is 0 Å². The molecule has 0 rings (SSSR count). The van der Waals surface area contributed by atoms with Crippen LogP contribution in [0.2, 0.25) is 0 Å². The molecule has 13 heavy (non-hydrogen) atoms. The minimum absolute atomic E-state index is 0.154. The second kappa shape index (κ2) is 8.48. The molecule has 1 unspecified atom stereocenters. The van der Waals surface area contributed by atoms with Crippen molar-refractivity contribution in [2.24, 2.45) is 5.73 Å². The van der Waals surface area contributed by atoms with Crippen LogP contribution in [0.15, 0.2) is 0 Å². The van der Waals surface area contributed by atoms with Crippen LogP contribution in [0.4, 0.5) is 0 Å². The van der Waals surface area contributed by atoms with Crippen molar-refractivity contribution in [1.29, 1.82) is 0 Å². The predicted octanol–water partition coefficient (Wildman–Crippen LogP) is 1.08. The van der Waals surface area contributed by atoms with Gasteiger partial charge in [0.25, 0.3) is 0 Å². The lowest BCUT2D eigenvalue weighted by Crippen LogP contribution is -2.40. The number of likely N-dealkylation sites (N-methyl/N-ethyl adjacent to an activating group) is 1. The Morgan fingerprint density at radius 2 is 2.08 bits per heavy atom. The summed E-state index contributed by atoms with van der Waals surface area (Å²) in [5.41, 5.74) is 5.87. The molecule has 0 bridgehead atoms. The first-order valence-corrected chi connectivity index (χ1v) is 5.21. The summed E-state index contributed by atoms with van der Waals surface area (Å²) in [7, 11) is 1.70. The first kappa shape index (κ1) is 12.9. The van der Waals surface area contributed by atoms with Crippen LogP contribution in [0.25, 0.3) is 0 Å². The van der Waals surface area contributed by atoms with E-state index in [0.29, 0.717) is 6.61 Å². The number of ether oxygens (including phenoxy) is 1. The van der Waals surface area contributed by atoms with Gasteiger partial charge in [0, 0.05) is 19.7 Å². The van der Waals surface area contributed by atoms with E-state index >= 15 is 0 Å². The molecule has 1 atom stereocenters. The van der Waals surface area contributed by atoms with Crippen molar-refractivity contribution in [3.63, 3.8) is 0 Å². The van der Waals surface area contributed by atoms with Gasteiger partial charge in [0.1, 0.15) is 0 Å². The van der Waals surface area contributed by atoms with Gasteiger partial charge in [0.2, 0.25) is 0 Å². The van der Waals surface area contributed by atoms with E-state index in [-0.39, 0.29) is 6.04 Å². The number of nitrogens with two attached hydrogens (primary N) is 1. The summed E-state index contributed by atoms with van der Waals surface area (Å²) in [5, 5.41) is 0. The summed E-state index contributed by atoms with van der Waals surface area (Å²) in [5.74, 6) is 0. The van der Waals surface area contributed by atoms with Crippen molar-refractivity contribution in [3.05, 3.63) is 0 Å². The van der Waals surface area contributed by atoms with Crippen LogP contribution in [0.1, 0.15) is 26.7 Å². The highest BCUT2D eigenvalue weighted by Crippen LogP contribution is 1.96. The molecule has 0 aliphatic rings. The number of hydrogen-bond donors (Lipinski definition) is 1. The molecule has 2 N–H and O–H groups in total. The van der Waals surface area contributed by atoms with Gasteiger partial charge >= 0.3 is 0 Å². The van der Waals surface area contributed by atoms with Gasteiger partial charge in [-0.3, -0.25) is 0 Å². The van der Waals surface area contributed by atoms with E-state index in [4.69, 9.17) is 10.5 Å². The Labute approximate surface area is 82.2 Å². The predicted molar refractivity (Wildman–Crippen MR) is 56.9 cm³/mol. The van der Waals surface area contributed by atoms with E-state index in [1.165, 1.54) is 12.8 Å². The maximum absolute atomic E-state index is 5.87. The molecule has 0 saturated heterocycles. The van der Waals surface area contributed by atoms with Crippen LogP contribution in [-0.2, 0) is 4.74 Å². The number of unbranched alkanes of at least 4 members (excludes halogenated alkanes) is 1. The van der Waals surface area contributed by atoms with E-state index in [9.17, 15) is 0 Å². The third-order valence-electron chi connectivity index (χ3n) is 2.15. The Morgan fingerprint density at radius 1 is 1.38 bits per heavy atom. The molecule has 0 saturated carbocycles. The van der Waals surface area contributed by atoms with Crippen LogP contribution >= 0.6 is 0 Å². The Balaban J connectivity index is 3.56. The zero-order chi connectivity index (χ0) is 10.1. The van der Waals surface area contributed by atoms with Gasteiger partial charge in [-0.15, -0.1) is 0 Å². The fourth-order valence-electron chi connectivity index (χ4n) is 1.36. The number of nitrogens with zero attached hydrogens (tertiary/aromatic N) is 1. The van der Waals surface area contributed by atoms with Gasteiger partial charge in [-0.1, -0.05) is 20.3 Å². The minimum Gasteiger partial charge on any atom is -0.383 e. The SMILES string of the molecule is CCCCN(CC)CC(N)COC. The van der Waals surface area contributed by atoms with E-state index in [1.807, 2.05) is 0 Å². The quantitative estimate of drug-likeness (QED) is 0.619. The Bertz CT molecular complexity index is 109. The highest BCUT2D eigenvalue weighted by atomic mass is 16.5. The summed E-state index contributed by atoms with van der Waals surface area (Å²) in [6.45, 7) is 8.23. The van der Waals surface area contributed by atoms with Gasteiger partial charge < -0.3 is 15.4 Å². The standard InChI is InChI=1S/C10H24N2O/c1-4-6-7-12(5-2)8-10(11)9-13-3/h10H,4-9,11H2,1-3H3. The maximum Gasteiger partial charge on any atom is 0.0626 e. The lowest BCUT2D eigenvalue weighted by molar-refractivity contribution is 0.154. The summed E-state index contributed by atoms with van der Waals surface area (Å²) in [4.78, 5) is 2.38. The first-order chi connectivity index (χ1) is 6.24. The Morgan fingerprint density at radius 3 is 2.54 bits per heavy atom. The van der Waals surface area contributed by atoms with Gasteiger partial charge in [-0.2, -0.15) is 0 Å². The number of rotatable bonds is 8. The van der Waals surface area contributed by atoms with Gasteiger partial charge in [-0.05, 0) is 19.5 Å². The average molecular weight is 188 g/mol. The Kier molecular flexibility index (Phi) is 8.40. The van der Waals surface area contributed by atoms with Crippen LogP contribution in [0.5, 0.6) is 0 Å². The average Bonchev–Trinajstić information content (AvgIpc) is 2.12. The van der Waals surface area contributed by atoms with Gasteiger partial charge in [0.15, 0.2) is 0 Å². The molecule has 0 aromatic heterocycles. The fourth-order valence-corrected chi connectivity index (χ4v) is 1.36. The zero-order valence-electron chi connectivity index (χ0n) is 9.25. The maximum atomic E-state index is 5.87. The van der Waals surface area contributed by atoms with Crippen molar-refractivity contribution in [2.75, 3.05) is 33.4 Å². The van der Waals surface area contributed by atoms with Crippen LogP contribution < -0.4 is 5.73 Å². The molecule has 0 amide bonds. The molecule has 0 heterocycles. The minimum atomic E-state index is 0.154. The second-order valence-corrected chi connectivity index (χ2v) is 3.46. The monoisotopic (exact) mass is 188 g/mol. The molecule has 0 aromatic carbocycles.